The van der Waals surface area contributed by atoms with Crippen LogP contribution in [0.1, 0.15) is 64.2 Å². The molecule has 0 aromatic heterocycles. The lowest BCUT2D eigenvalue weighted by Crippen LogP contribution is -2.44. The van der Waals surface area contributed by atoms with Gasteiger partial charge in [-0.1, -0.05) is 12.8 Å². The molecule has 5 nitrogen and oxygen atoms in total. The van der Waals surface area contributed by atoms with Gasteiger partial charge in [0.25, 0.3) is 0 Å². The Bertz CT molecular complexity index is 406. The molecule has 2 aliphatic carbocycles. The highest BCUT2D eigenvalue weighted by molar-refractivity contribution is 5.80. The maximum absolute atomic E-state index is 12.3. The minimum atomic E-state index is 0.135. The first-order chi connectivity index (χ1) is 11.2. The maximum Gasteiger partial charge on any atom is 0.223 e. The van der Waals surface area contributed by atoms with Crippen molar-refractivity contribution in [3.8, 4) is 0 Å². The molecular weight excluding hydrogens is 290 g/mol. The van der Waals surface area contributed by atoms with Gasteiger partial charge in [0.05, 0.1) is 0 Å². The van der Waals surface area contributed by atoms with Crippen LogP contribution in [0.4, 0.5) is 0 Å². The van der Waals surface area contributed by atoms with Crippen LogP contribution < -0.4 is 16.0 Å². The van der Waals surface area contributed by atoms with Crippen molar-refractivity contribution in [2.24, 2.45) is 11.8 Å². The fraction of sp³-hybridized carbons (Fsp3) is 0.889. The normalized spacial score (nSPS) is 31.9. The fourth-order valence-electron chi connectivity index (χ4n) is 4.31. The molecule has 130 valence electrons. The van der Waals surface area contributed by atoms with E-state index in [4.69, 9.17) is 0 Å². The molecule has 3 fully saturated rings. The van der Waals surface area contributed by atoms with Crippen molar-refractivity contribution >= 4 is 11.8 Å². The van der Waals surface area contributed by atoms with Gasteiger partial charge in [0.1, 0.15) is 0 Å². The molecule has 1 aliphatic heterocycles. The van der Waals surface area contributed by atoms with Crippen LogP contribution in [0.5, 0.6) is 0 Å². The van der Waals surface area contributed by atoms with E-state index in [1.807, 2.05) is 0 Å². The molecule has 23 heavy (non-hydrogen) atoms. The summed E-state index contributed by atoms with van der Waals surface area (Å²) in [5.74, 6) is 0.841. The molecule has 2 saturated carbocycles. The van der Waals surface area contributed by atoms with Gasteiger partial charge in [-0.15, -0.1) is 0 Å². The number of carbonyl (C=O) groups is 2. The fourth-order valence-corrected chi connectivity index (χ4v) is 4.31. The standard InChI is InChI=1S/C18H31N3O2/c22-17(20-12-16-6-3-11-19-16)14-7-9-15(10-8-14)21-18(23)13-4-1-2-5-13/h13-16,19H,1-12H2,(H,20,22)(H,21,23). The Labute approximate surface area is 139 Å². The smallest absolute Gasteiger partial charge is 0.223 e. The second kappa shape index (κ2) is 8.13. The molecule has 2 amide bonds. The quantitative estimate of drug-likeness (QED) is 0.722. The third-order valence-electron chi connectivity index (χ3n) is 5.86. The topological polar surface area (TPSA) is 70.2 Å². The van der Waals surface area contributed by atoms with Crippen LogP contribution in [0.25, 0.3) is 0 Å². The van der Waals surface area contributed by atoms with Crippen LogP contribution in [0.15, 0.2) is 0 Å². The van der Waals surface area contributed by atoms with E-state index in [0.717, 1.165) is 51.6 Å². The maximum atomic E-state index is 12.3. The molecule has 1 saturated heterocycles. The van der Waals surface area contributed by atoms with Gasteiger partial charge in [-0.25, -0.2) is 0 Å². The van der Waals surface area contributed by atoms with Crippen molar-refractivity contribution < 1.29 is 9.59 Å². The predicted molar refractivity (Wildman–Crippen MR) is 89.9 cm³/mol. The Kier molecular flexibility index (Phi) is 5.92. The van der Waals surface area contributed by atoms with Crippen molar-refractivity contribution in [1.82, 2.24) is 16.0 Å². The highest BCUT2D eigenvalue weighted by Crippen LogP contribution is 2.27. The molecule has 0 aromatic rings. The lowest BCUT2D eigenvalue weighted by atomic mass is 9.85. The van der Waals surface area contributed by atoms with Crippen LogP contribution in [-0.4, -0.2) is 37.0 Å². The Hall–Kier alpha value is -1.10. The molecule has 5 heteroatoms. The van der Waals surface area contributed by atoms with Crippen LogP contribution in [0.3, 0.4) is 0 Å². The van der Waals surface area contributed by atoms with Crippen LogP contribution in [-0.2, 0) is 9.59 Å². The van der Waals surface area contributed by atoms with Gasteiger partial charge < -0.3 is 16.0 Å². The molecular formula is C18H31N3O2. The van der Waals surface area contributed by atoms with Gasteiger partial charge in [0.15, 0.2) is 0 Å². The van der Waals surface area contributed by atoms with Crippen molar-refractivity contribution in [1.29, 1.82) is 0 Å². The van der Waals surface area contributed by atoms with Gasteiger partial charge in [0.2, 0.25) is 11.8 Å². The van der Waals surface area contributed by atoms with E-state index in [1.54, 1.807) is 0 Å². The van der Waals surface area contributed by atoms with Gasteiger partial charge in [-0.3, -0.25) is 9.59 Å². The number of hydrogen-bond donors (Lipinski definition) is 3. The Morgan fingerprint density at radius 3 is 2.17 bits per heavy atom. The van der Waals surface area contributed by atoms with Crippen LogP contribution >= 0.6 is 0 Å². The van der Waals surface area contributed by atoms with E-state index in [0.29, 0.717) is 6.04 Å². The molecule has 0 bridgehead atoms. The van der Waals surface area contributed by atoms with Gasteiger partial charge in [-0.2, -0.15) is 0 Å². The van der Waals surface area contributed by atoms with Crippen molar-refractivity contribution in [2.75, 3.05) is 13.1 Å². The molecule has 0 radical (unpaired) electrons. The minimum absolute atomic E-state index is 0.135. The average Bonchev–Trinajstić information content (AvgIpc) is 3.26. The van der Waals surface area contributed by atoms with Crippen molar-refractivity contribution in [3.63, 3.8) is 0 Å². The number of rotatable bonds is 5. The summed E-state index contributed by atoms with van der Waals surface area (Å²) in [6.45, 7) is 1.84. The second-order valence-electron chi connectivity index (χ2n) is 7.58. The molecule has 0 spiro atoms. The Morgan fingerprint density at radius 2 is 1.52 bits per heavy atom. The molecule has 3 rings (SSSR count). The lowest BCUT2D eigenvalue weighted by molar-refractivity contribution is -0.126. The monoisotopic (exact) mass is 321 g/mol. The summed E-state index contributed by atoms with van der Waals surface area (Å²) in [6.07, 6.45) is 10.6. The Morgan fingerprint density at radius 1 is 0.826 bits per heavy atom. The van der Waals surface area contributed by atoms with Crippen molar-refractivity contribution in [2.45, 2.75) is 76.3 Å². The highest BCUT2D eigenvalue weighted by Gasteiger charge is 2.30. The van der Waals surface area contributed by atoms with Gasteiger partial charge in [0, 0.05) is 30.5 Å². The molecule has 1 unspecified atom stereocenters. The lowest BCUT2D eigenvalue weighted by Gasteiger charge is -2.29. The van der Waals surface area contributed by atoms with E-state index in [9.17, 15) is 9.59 Å². The Balaban J connectivity index is 1.34. The summed E-state index contributed by atoms with van der Waals surface area (Å²) < 4.78 is 0. The third kappa shape index (κ3) is 4.69. The SMILES string of the molecule is O=C(NCC1CCCN1)C1CCC(NC(=O)C2CCCC2)CC1. The molecule has 0 aromatic carbocycles. The highest BCUT2D eigenvalue weighted by atomic mass is 16.2. The first kappa shape index (κ1) is 16.7. The molecule has 1 heterocycles. The van der Waals surface area contributed by atoms with Gasteiger partial charge in [-0.05, 0) is 57.9 Å². The summed E-state index contributed by atoms with van der Waals surface area (Å²) in [5.41, 5.74) is 0. The first-order valence-corrected chi connectivity index (χ1v) is 9.54. The minimum Gasteiger partial charge on any atom is -0.354 e. The van der Waals surface area contributed by atoms with Crippen LogP contribution in [0, 0.1) is 11.8 Å². The summed E-state index contributed by atoms with van der Waals surface area (Å²) in [6, 6.07) is 0.740. The zero-order valence-electron chi connectivity index (χ0n) is 14.1. The largest absolute Gasteiger partial charge is 0.354 e. The molecule has 3 N–H and O–H groups in total. The van der Waals surface area contributed by atoms with E-state index in [2.05, 4.69) is 16.0 Å². The average molecular weight is 321 g/mol. The zero-order chi connectivity index (χ0) is 16.1. The number of hydrogen-bond acceptors (Lipinski definition) is 3. The summed E-state index contributed by atoms with van der Waals surface area (Å²) in [4.78, 5) is 24.4. The van der Waals surface area contributed by atoms with Crippen LogP contribution in [0.2, 0.25) is 0 Å². The number of nitrogens with one attached hydrogen (secondary N) is 3. The summed E-state index contributed by atoms with van der Waals surface area (Å²) >= 11 is 0. The summed E-state index contributed by atoms with van der Waals surface area (Å²) in [7, 11) is 0. The van der Waals surface area contributed by atoms with Crippen molar-refractivity contribution in [3.05, 3.63) is 0 Å². The van der Waals surface area contributed by atoms with E-state index in [-0.39, 0.29) is 29.7 Å². The van der Waals surface area contributed by atoms with E-state index in [1.165, 1.54) is 25.7 Å². The predicted octanol–water partition coefficient (Wildman–Crippen LogP) is 1.72. The molecule has 3 aliphatic rings. The van der Waals surface area contributed by atoms with Gasteiger partial charge >= 0.3 is 0 Å². The second-order valence-corrected chi connectivity index (χ2v) is 7.58. The number of carbonyl (C=O) groups excluding carboxylic acids is 2. The zero-order valence-corrected chi connectivity index (χ0v) is 14.1. The summed E-state index contributed by atoms with van der Waals surface area (Å²) in [5, 5.41) is 9.73. The van der Waals surface area contributed by atoms with E-state index < -0.39 is 0 Å². The third-order valence-corrected chi connectivity index (χ3v) is 5.86. The first-order valence-electron chi connectivity index (χ1n) is 9.54. The molecule has 1 atom stereocenters. The number of amides is 2. The van der Waals surface area contributed by atoms with E-state index >= 15 is 0 Å².